The molecule has 19 heavy (non-hydrogen) atoms. The van der Waals surface area contributed by atoms with Gasteiger partial charge in [0.1, 0.15) is 0 Å². The standard InChI is InChI=1S/C15H18N2O2/c1-10-9-17(16-13(10)14(18)19)12-8-6-5-7-11(12)15(2,3)4/h5-9H,1-4H3,(H,18,19). The Hall–Kier alpha value is -2.10. The van der Waals surface area contributed by atoms with Gasteiger partial charge in [-0.15, -0.1) is 0 Å². The van der Waals surface area contributed by atoms with Crippen LogP contribution in [0.3, 0.4) is 0 Å². The van der Waals surface area contributed by atoms with E-state index in [1.54, 1.807) is 17.8 Å². The first-order valence-electron chi connectivity index (χ1n) is 6.20. The van der Waals surface area contributed by atoms with E-state index < -0.39 is 5.97 Å². The van der Waals surface area contributed by atoms with Crippen LogP contribution in [0.4, 0.5) is 0 Å². The number of aromatic nitrogens is 2. The maximum absolute atomic E-state index is 11.1. The molecule has 0 fully saturated rings. The van der Waals surface area contributed by atoms with Crippen LogP contribution in [0.2, 0.25) is 0 Å². The highest BCUT2D eigenvalue weighted by molar-refractivity contribution is 5.86. The number of aryl methyl sites for hydroxylation is 1. The summed E-state index contributed by atoms with van der Waals surface area (Å²) in [7, 11) is 0. The van der Waals surface area contributed by atoms with Crippen LogP contribution in [0.5, 0.6) is 0 Å². The second-order valence-electron chi connectivity index (χ2n) is 5.68. The maximum Gasteiger partial charge on any atom is 0.356 e. The molecule has 2 aromatic rings. The summed E-state index contributed by atoms with van der Waals surface area (Å²) in [6.07, 6.45) is 1.76. The Labute approximate surface area is 112 Å². The molecule has 1 N–H and O–H groups in total. The van der Waals surface area contributed by atoms with E-state index in [0.717, 1.165) is 11.3 Å². The van der Waals surface area contributed by atoms with Crippen molar-refractivity contribution in [3.8, 4) is 5.69 Å². The highest BCUT2D eigenvalue weighted by Crippen LogP contribution is 2.28. The molecule has 0 aliphatic rings. The number of carboxylic acids is 1. The summed E-state index contributed by atoms with van der Waals surface area (Å²) < 4.78 is 1.65. The molecule has 0 saturated heterocycles. The Kier molecular flexibility index (Phi) is 3.18. The molecule has 1 aromatic heterocycles. The fourth-order valence-electron chi connectivity index (χ4n) is 2.10. The van der Waals surface area contributed by atoms with Crippen molar-refractivity contribution in [1.82, 2.24) is 9.78 Å². The average molecular weight is 258 g/mol. The summed E-state index contributed by atoms with van der Waals surface area (Å²) in [5, 5.41) is 13.3. The topological polar surface area (TPSA) is 55.1 Å². The zero-order valence-electron chi connectivity index (χ0n) is 11.6. The lowest BCUT2D eigenvalue weighted by Gasteiger charge is -2.22. The third kappa shape index (κ3) is 2.52. The number of nitrogens with zero attached hydrogens (tertiary/aromatic N) is 2. The molecule has 0 saturated carbocycles. The van der Waals surface area contributed by atoms with Gasteiger partial charge in [0.05, 0.1) is 5.69 Å². The summed E-state index contributed by atoms with van der Waals surface area (Å²) in [5.41, 5.74) is 2.79. The van der Waals surface area contributed by atoms with E-state index in [9.17, 15) is 4.79 Å². The second kappa shape index (κ2) is 4.53. The number of hydrogen-bond acceptors (Lipinski definition) is 2. The molecule has 1 aromatic carbocycles. The predicted molar refractivity (Wildman–Crippen MR) is 74.0 cm³/mol. The number of para-hydroxylation sites is 1. The van der Waals surface area contributed by atoms with E-state index in [4.69, 9.17) is 5.11 Å². The van der Waals surface area contributed by atoms with Crippen molar-refractivity contribution in [2.75, 3.05) is 0 Å². The van der Waals surface area contributed by atoms with Crippen molar-refractivity contribution in [2.45, 2.75) is 33.1 Å². The van der Waals surface area contributed by atoms with Crippen LogP contribution in [-0.2, 0) is 5.41 Å². The van der Waals surface area contributed by atoms with Crippen LogP contribution in [-0.4, -0.2) is 20.9 Å². The van der Waals surface area contributed by atoms with E-state index in [2.05, 4.69) is 25.9 Å². The number of rotatable bonds is 2. The van der Waals surface area contributed by atoms with Gasteiger partial charge in [0.25, 0.3) is 0 Å². The Morgan fingerprint density at radius 3 is 2.42 bits per heavy atom. The molecule has 2 rings (SSSR count). The maximum atomic E-state index is 11.1. The molecule has 4 nitrogen and oxygen atoms in total. The van der Waals surface area contributed by atoms with Crippen molar-refractivity contribution < 1.29 is 9.90 Å². The minimum atomic E-state index is -0.996. The number of aromatic carboxylic acids is 1. The molecule has 100 valence electrons. The molecule has 0 spiro atoms. The summed E-state index contributed by atoms with van der Waals surface area (Å²) in [4.78, 5) is 11.1. The van der Waals surface area contributed by atoms with E-state index in [-0.39, 0.29) is 11.1 Å². The minimum Gasteiger partial charge on any atom is -0.476 e. The van der Waals surface area contributed by atoms with Gasteiger partial charge in [-0.05, 0) is 24.0 Å². The molecule has 0 amide bonds. The molecule has 4 heteroatoms. The van der Waals surface area contributed by atoms with Gasteiger partial charge >= 0.3 is 5.97 Å². The number of carboxylic acid groups (broad SMARTS) is 1. The van der Waals surface area contributed by atoms with E-state index in [0.29, 0.717) is 5.56 Å². The number of hydrogen-bond donors (Lipinski definition) is 1. The molecular formula is C15H18N2O2. The first-order valence-corrected chi connectivity index (χ1v) is 6.20. The van der Waals surface area contributed by atoms with Gasteiger partial charge in [0.2, 0.25) is 0 Å². The zero-order chi connectivity index (χ0) is 14.2. The van der Waals surface area contributed by atoms with E-state index >= 15 is 0 Å². The monoisotopic (exact) mass is 258 g/mol. The summed E-state index contributed by atoms with van der Waals surface area (Å²) in [5.74, 6) is -0.996. The lowest BCUT2D eigenvalue weighted by molar-refractivity contribution is 0.0689. The van der Waals surface area contributed by atoms with E-state index in [1.807, 2.05) is 24.3 Å². The lowest BCUT2D eigenvalue weighted by atomic mass is 9.86. The van der Waals surface area contributed by atoms with Gasteiger partial charge in [-0.1, -0.05) is 39.0 Å². The fraction of sp³-hybridized carbons (Fsp3) is 0.333. The summed E-state index contributed by atoms with van der Waals surface area (Å²) in [6, 6.07) is 7.92. The van der Waals surface area contributed by atoms with Gasteiger partial charge in [-0.2, -0.15) is 5.10 Å². The Balaban J connectivity index is 2.60. The number of carbonyl (C=O) groups is 1. The predicted octanol–water partition coefficient (Wildman–Crippen LogP) is 3.18. The zero-order valence-corrected chi connectivity index (χ0v) is 11.6. The van der Waals surface area contributed by atoms with Crippen molar-refractivity contribution in [3.63, 3.8) is 0 Å². The smallest absolute Gasteiger partial charge is 0.356 e. The van der Waals surface area contributed by atoms with Gasteiger partial charge in [-0.25, -0.2) is 9.48 Å². The first kappa shape index (κ1) is 13.3. The average Bonchev–Trinajstić information content (AvgIpc) is 2.70. The molecule has 1 heterocycles. The fourth-order valence-corrected chi connectivity index (χ4v) is 2.10. The van der Waals surface area contributed by atoms with Gasteiger partial charge < -0.3 is 5.11 Å². The van der Waals surface area contributed by atoms with Crippen LogP contribution in [0.25, 0.3) is 5.69 Å². The highest BCUT2D eigenvalue weighted by atomic mass is 16.4. The quantitative estimate of drug-likeness (QED) is 0.900. The Bertz CT molecular complexity index is 621. The Morgan fingerprint density at radius 2 is 1.89 bits per heavy atom. The molecule has 0 aliphatic carbocycles. The SMILES string of the molecule is Cc1cn(-c2ccccc2C(C)(C)C)nc1C(=O)O. The minimum absolute atomic E-state index is 0.0279. The van der Waals surface area contributed by atoms with Gasteiger partial charge in [0, 0.05) is 11.8 Å². The van der Waals surface area contributed by atoms with Crippen molar-refractivity contribution in [3.05, 3.63) is 47.3 Å². The highest BCUT2D eigenvalue weighted by Gasteiger charge is 2.20. The van der Waals surface area contributed by atoms with Crippen LogP contribution >= 0.6 is 0 Å². The third-order valence-corrected chi connectivity index (χ3v) is 3.06. The Morgan fingerprint density at radius 1 is 1.26 bits per heavy atom. The van der Waals surface area contributed by atoms with Crippen molar-refractivity contribution >= 4 is 5.97 Å². The molecule has 0 unspecified atom stereocenters. The third-order valence-electron chi connectivity index (χ3n) is 3.06. The largest absolute Gasteiger partial charge is 0.476 e. The van der Waals surface area contributed by atoms with Crippen LogP contribution in [0.15, 0.2) is 30.5 Å². The normalized spacial score (nSPS) is 11.6. The molecular weight excluding hydrogens is 240 g/mol. The summed E-state index contributed by atoms with van der Waals surface area (Å²) in [6.45, 7) is 8.13. The molecule has 0 aliphatic heterocycles. The second-order valence-corrected chi connectivity index (χ2v) is 5.68. The number of benzene rings is 1. The van der Waals surface area contributed by atoms with Gasteiger partial charge in [-0.3, -0.25) is 0 Å². The molecule has 0 radical (unpaired) electrons. The van der Waals surface area contributed by atoms with Crippen LogP contribution in [0.1, 0.15) is 42.4 Å². The van der Waals surface area contributed by atoms with Crippen molar-refractivity contribution in [2.24, 2.45) is 0 Å². The molecule has 0 atom stereocenters. The van der Waals surface area contributed by atoms with E-state index in [1.165, 1.54) is 0 Å². The molecule has 0 bridgehead atoms. The lowest BCUT2D eigenvalue weighted by Crippen LogP contribution is -2.15. The van der Waals surface area contributed by atoms with Crippen molar-refractivity contribution in [1.29, 1.82) is 0 Å². The summed E-state index contributed by atoms with van der Waals surface area (Å²) >= 11 is 0. The van der Waals surface area contributed by atoms with Crippen LogP contribution in [0, 0.1) is 6.92 Å². The van der Waals surface area contributed by atoms with Crippen LogP contribution < -0.4 is 0 Å². The van der Waals surface area contributed by atoms with Gasteiger partial charge in [0.15, 0.2) is 5.69 Å². The first-order chi connectivity index (χ1) is 8.80.